The van der Waals surface area contributed by atoms with Crippen LogP contribution in [0.25, 0.3) is 0 Å². The Hall–Kier alpha value is -2.27. The average molecular weight is 307 g/mol. The standard InChI is InChI=1S/C15H15ClN2O3/c1-10-6-12(8-19)11(2)18(10)17-15(20)9-21-14-5-3-4-13(16)7-14/h3-8H,9H2,1-2H3,(H,17,20). The van der Waals surface area contributed by atoms with Crippen molar-refractivity contribution in [2.45, 2.75) is 13.8 Å². The summed E-state index contributed by atoms with van der Waals surface area (Å²) in [6.07, 6.45) is 0.757. The number of rotatable bonds is 5. The van der Waals surface area contributed by atoms with E-state index in [1.165, 1.54) is 0 Å². The number of carbonyl (C=O) groups is 2. The molecular weight excluding hydrogens is 292 g/mol. The van der Waals surface area contributed by atoms with Gasteiger partial charge in [0, 0.05) is 22.0 Å². The second-order valence-electron chi connectivity index (χ2n) is 4.56. The number of amides is 1. The fourth-order valence-corrected chi connectivity index (χ4v) is 2.12. The highest BCUT2D eigenvalue weighted by molar-refractivity contribution is 6.30. The molecule has 6 heteroatoms. The lowest BCUT2D eigenvalue weighted by atomic mass is 10.3. The van der Waals surface area contributed by atoms with Crippen molar-refractivity contribution in [3.8, 4) is 5.75 Å². The number of halogens is 1. The molecule has 0 saturated carbocycles. The summed E-state index contributed by atoms with van der Waals surface area (Å²) in [7, 11) is 0. The average Bonchev–Trinajstić information content (AvgIpc) is 2.72. The first-order valence-electron chi connectivity index (χ1n) is 6.33. The van der Waals surface area contributed by atoms with Crippen LogP contribution in [0.3, 0.4) is 0 Å². The van der Waals surface area contributed by atoms with E-state index in [4.69, 9.17) is 16.3 Å². The molecule has 1 aromatic carbocycles. The zero-order valence-corrected chi connectivity index (χ0v) is 12.5. The largest absolute Gasteiger partial charge is 0.484 e. The molecule has 0 unspecified atom stereocenters. The van der Waals surface area contributed by atoms with Crippen LogP contribution in [-0.2, 0) is 4.79 Å². The number of nitrogens with one attached hydrogen (secondary N) is 1. The first-order valence-corrected chi connectivity index (χ1v) is 6.71. The van der Waals surface area contributed by atoms with Gasteiger partial charge in [0.15, 0.2) is 12.9 Å². The van der Waals surface area contributed by atoms with E-state index < -0.39 is 0 Å². The summed E-state index contributed by atoms with van der Waals surface area (Å²) in [5.74, 6) is 0.196. The molecule has 1 aromatic heterocycles. The smallest absolute Gasteiger partial charge is 0.276 e. The highest BCUT2D eigenvalue weighted by Crippen LogP contribution is 2.17. The zero-order valence-electron chi connectivity index (χ0n) is 11.7. The molecule has 5 nitrogen and oxygen atoms in total. The number of carbonyl (C=O) groups excluding carboxylic acids is 2. The minimum Gasteiger partial charge on any atom is -0.484 e. The number of aromatic nitrogens is 1. The van der Waals surface area contributed by atoms with Crippen LogP contribution >= 0.6 is 11.6 Å². The summed E-state index contributed by atoms with van der Waals surface area (Å²) in [6, 6.07) is 8.52. The molecule has 2 aromatic rings. The lowest BCUT2D eigenvalue weighted by Gasteiger charge is -2.12. The molecule has 1 amide bonds. The van der Waals surface area contributed by atoms with Crippen molar-refractivity contribution >= 4 is 23.8 Å². The minimum absolute atomic E-state index is 0.145. The van der Waals surface area contributed by atoms with Gasteiger partial charge in [-0.15, -0.1) is 0 Å². The maximum atomic E-state index is 11.9. The lowest BCUT2D eigenvalue weighted by Crippen LogP contribution is -2.29. The number of benzene rings is 1. The molecule has 1 heterocycles. The van der Waals surface area contributed by atoms with Gasteiger partial charge in [-0.3, -0.25) is 19.7 Å². The molecule has 0 aliphatic carbocycles. The van der Waals surface area contributed by atoms with Gasteiger partial charge in [-0.2, -0.15) is 0 Å². The van der Waals surface area contributed by atoms with Crippen molar-refractivity contribution in [3.05, 3.63) is 52.3 Å². The number of hydrogen-bond acceptors (Lipinski definition) is 3. The molecule has 0 atom stereocenters. The molecule has 0 saturated heterocycles. The van der Waals surface area contributed by atoms with Crippen molar-refractivity contribution in [2.75, 3.05) is 12.0 Å². The van der Waals surface area contributed by atoms with Crippen LogP contribution in [0.15, 0.2) is 30.3 Å². The topological polar surface area (TPSA) is 60.3 Å². The van der Waals surface area contributed by atoms with Gasteiger partial charge >= 0.3 is 0 Å². The summed E-state index contributed by atoms with van der Waals surface area (Å²) in [6.45, 7) is 3.42. The van der Waals surface area contributed by atoms with Gasteiger partial charge in [0.1, 0.15) is 5.75 Å². The normalized spacial score (nSPS) is 10.2. The van der Waals surface area contributed by atoms with E-state index in [0.29, 0.717) is 22.0 Å². The SMILES string of the molecule is Cc1cc(C=O)c(C)n1NC(=O)COc1cccc(Cl)c1. The van der Waals surface area contributed by atoms with Gasteiger partial charge in [-0.05, 0) is 38.1 Å². The van der Waals surface area contributed by atoms with Crippen molar-refractivity contribution in [1.82, 2.24) is 4.68 Å². The number of aldehydes is 1. The summed E-state index contributed by atoms with van der Waals surface area (Å²) >= 11 is 5.83. The molecule has 110 valence electrons. The van der Waals surface area contributed by atoms with E-state index in [9.17, 15) is 9.59 Å². The second-order valence-corrected chi connectivity index (χ2v) is 5.00. The molecule has 0 fully saturated rings. The Balaban J connectivity index is 1.99. The number of aryl methyl sites for hydroxylation is 1. The summed E-state index contributed by atoms with van der Waals surface area (Å²) in [5, 5.41) is 0.542. The van der Waals surface area contributed by atoms with Crippen LogP contribution in [0.1, 0.15) is 21.7 Å². The van der Waals surface area contributed by atoms with E-state index >= 15 is 0 Å². The molecular formula is C15H15ClN2O3. The van der Waals surface area contributed by atoms with Crippen molar-refractivity contribution in [2.24, 2.45) is 0 Å². The van der Waals surface area contributed by atoms with E-state index in [-0.39, 0.29) is 12.5 Å². The van der Waals surface area contributed by atoms with Gasteiger partial charge in [-0.25, -0.2) is 0 Å². The van der Waals surface area contributed by atoms with Gasteiger partial charge in [-0.1, -0.05) is 17.7 Å². The third-order valence-corrected chi connectivity index (χ3v) is 3.23. The zero-order chi connectivity index (χ0) is 15.4. The van der Waals surface area contributed by atoms with Gasteiger partial charge in [0.25, 0.3) is 5.91 Å². The van der Waals surface area contributed by atoms with E-state index in [2.05, 4.69) is 5.43 Å². The molecule has 21 heavy (non-hydrogen) atoms. The maximum Gasteiger partial charge on any atom is 0.276 e. The Labute approximate surface area is 127 Å². The van der Waals surface area contributed by atoms with Crippen molar-refractivity contribution < 1.29 is 14.3 Å². The summed E-state index contributed by atoms with van der Waals surface area (Å²) in [5.41, 5.74) is 4.67. The molecule has 2 rings (SSSR count). The molecule has 1 N–H and O–H groups in total. The van der Waals surface area contributed by atoms with Crippen molar-refractivity contribution in [3.63, 3.8) is 0 Å². The van der Waals surface area contributed by atoms with Gasteiger partial charge in [0.2, 0.25) is 0 Å². The Bertz CT molecular complexity index is 680. The number of ether oxygens (including phenoxy) is 1. The Morgan fingerprint density at radius 3 is 2.76 bits per heavy atom. The third-order valence-electron chi connectivity index (χ3n) is 3.00. The number of nitrogens with zero attached hydrogens (tertiary/aromatic N) is 1. The maximum absolute atomic E-state index is 11.9. The van der Waals surface area contributed by atoms with Gasteiger partial charge in [0.05, 0.1) is 0 Å². The fraction of sp³-hybridized carbons (Fsp3) is 0.200. The Morgan fingerprint density at radius 1 is 1.38 bits per heavy atom. The third kappa shape index (κ3) is 3.64. The first-order chi connectivity index (χ1) is 10.0. The number of hydrogen-bond donors (Lipinski definition) is 1. The van der Waals surface area contributed by atoms with Crippen LogP contribution < -0.4 is 10.2 Å². The van der Waals surface area contributed by atoms with E-state index in [1.54, 1.807) is 48.9 Å². The van der Waals surface area contributed by atoms with Crippen LogP contribution in [0.4, 0.5) is 0 Å². The highest BCUT2D eigenvalue weighted by atomic mass is 35.5. The van der Waals surface area contributed by atoms with Crippen LogP contribution in [0, 0.1) is 13.8 Å². The quantitative estimate of drug-likeness (QED) is 0.864. The Kier molecular flexibility index (Phi) is 4.65. The second kappa shape index (κ2) is 6.45. The minimum atomic E-state index is -0.325. The van der Waals surface area contributed by atoms with Crippen molar-refractivity contribution in [1.29, 1.82) is 0 Å². The molecule has 0 aliphatic heterocycles. The summed E-state index contributed by atoms with van der Waals surface area (Å²) in [4.78, 5) is 22.8. The first kappa shape index (κ1) is 15.1. The highest BCUT2D eigenvalue weighted by Gasteiger charge is 2.11. The molecule has 0 spiro atoms. The lowest BCUT2D eigenvalue weighted by molar-refractivity contribution is -0.119. The fourth-order valence-electron chi connectivity index (χ4n) is 1.94. The van der Waals surface area contributed by atoms with Gasteiger partial charge < -0.3 is 4.74 Å². The van der Waals surface area contributed by atoms with E-state index in [1.807, 2.05) is 0 Å². The van der Waals surface area contributed by atoms with Crippen LogP contribution in [0.2, 0.25) is 5.02 Å². The van der Waals surface area contributed by atoms with E-state index in [0.717, 1.165) is 12.0 Å². The molecule has 0 aliphatic rings. The molecule has 0 bridgehead atoms. The van der Waals surface area contributed by atoms with Crippen LogP contribution in [0.5, 0.6) is 5.75 Å². The summed E-state index contributed by atoms with van der Waals surface area (Å²) < 4.78 is 6.92. The molecule has 0 radical (unpaired) electrons. The predicted octanol–water partition coefficient (Wildman–Crippen LogP) is 2.72. The Morgan fingerprint density at radius 2 is 2.14 bits per heavy atom. The van der Waals surface area contributed by atoms with Crippen LogP contribution in [-0.4, -0.2) is 23.5 Å². The monoisotopic (exact) mass is 306 g/mol. The predicted molar refractivity (Wildman–Crippen MR) is 80.6 cm³/mol.